The molecule has 1 amide bonds. The largest absolute Gasteiger partial charge is 0.481 e. The van der Waals surface area contributed by atoms with E-state index in [-0.39, 0.29) is 36.2 Å². The van der Waals surface area contributed by atoms with Gasteiger partial charge in [-0.15, -0.1) is 0 Å². The maximum Gasteiger partial charge on any atom is 0.416 e. The highest BCUT2D eigenvalue weighted by Gasteiger charge is 2.30. The summed E-state index contributed by atoms with van der Waals surface area (Å²) in [7, 11) is 0. The number of benzene rings is 2. The standard InChI is InChI=1S/C28H29F3N2O4/c1-17(12-26(34)35)16-32-27(36)25-14-19-6-9-22(37-21-10-7-20(8-11-21)28(29,30)31)15-23(19)24(33-25)13-18-4-2-3-5-18/h6-11,14-15,17-18H,2-5,12-13,16H2,1H3,(H,32,36)(H,34,35). The zero-order chi connectivity index (χ0) is 26.6. The molecule has 1 saturated carbocycles. The van der Waals surface area contributed by atoms with Crippen LogP contribution in [-0.4, -0.2) is 28.5 Å². The van der Waals surface area contributed by atoms with Gasteiger partial charge in [-0.2, -0.15) is 13.2 Å². The van der Waals surface area contributed by atoms with Gasteiger partial charge in [-0.05, 0) is 66.1 Å². The second-order valence-electron chi connectivity index (χ2n) is 9.73. The molecule has 1 heterocycles. The fraction of sp³-hybridized carbons (Fsp3) is 0.393. The van der Waals surface area contributed by atoms with Gasteiger partial charge in [0.1, 0.15) is 17.2 Å². The van der Waals surface area contributed by atoms with Crippen LogP contribution in [0.4, 0.5) is 13.2 Å². The third-order valence-corrected chi connectivity index (χ3v) is 6.62. The van der Waals surface area contributed by atoms with Crippen LogP contribution in [-0.2, 0) is 17.4 Å². The number of alkyl halides is 3. The molecule has 0 aliphatic heterocycles. The molecule has 1 atom stereocenters. The van der Waals surface area contributed by atoms with Crippen molar-refractivity contribution in [2.24, 2.45) is 11.8 Å². The Hall–Kier alpha value is -3.62. The summed E-state index contributed by atoms with van der Waals surface area (Å²) in [5, 5.41) is 13.3. The van der Waals surface area contributed by atoms with Crippen molar-refractivity contribution in [1.82, 2.24) is 10.3 Å². The first-order valence-electron chi connectivity index (χ1n) is 12.4. The number of amides is 1. The van der Waals surface area contributed by atoms with Gasteiger partial charge in [0, 0.05) is 24.0 Å². The van der Waals surface area contributed by atoms with Crippen LogP contribution in [0.1, 0.15) is 60.8 Å². The zero-order valence-corrected chi connectivity index (χ0v) is 20.5. The summed E-state index contributed by atoms with van der Waals surface area (Å²) >= 11 is 0. The molecule has 2 aromatic carbocycles. The van der Waals surface area contributed by atoms with Gasteiger partial charge in [0.2, 0.25) is 0 Å². The lowest BCUT2D eigenvalue weighted by Crippen LogP contribution is -2.30. The molecule has 0 radical (unpaired) electrons. The molecule has 1 aliphatic carbocycles. The number of carboxylic acid groups (broad SMARTS) is 1. The number of carboxylic acids is 1. The van der Waals surface area contributed by atoms with Crippen LogP contribution in [0, 0.1) is 11.8 Å². The smallest absolute Gasteiger partial charge is 0.416 e. The lowest BCUT2D eigenvalue weighted by Gasteiger charge is -2.15. The first-order valence-corrected chi connectivity index (χ1v) is 12.4. The summed E-state index contributed by atoms with van der Waals surface area (Å²) in [6, 6.07) is 11.5. The topological polar surface area (TPSA) is 88.5 Å². The minimum absolute atomic E-state index is 0.0416. The van der Waals surface area contributed by atoms with Crippen LogP contribution < -0.4 is 10.1 Å². The molecule has 2 N–H and O–H groups in total. The van der Waals surface area contributed by atoms with Crippen LogP contribution in [0.3, 0.4) is 0 Å². The maximum absolute atomic E-state index is 12.9. The number of nitrogens with zero attached hydrogens (tertiary/aromatic N) is 1. The van der Waals surface area contributed by atoms with Crippen LogP contribution in [0.15, 0.2) is 48.5 Å². The number of carbonyl (C=O) groups excluding carboxylic acids is 1. The number of carbonyl (C=O) groups is 2. The summed E-state index contributed by atoms with van der Waals surface area (Å²) in [5.74, 6) is -0.296. The molecule has 4 rings (SSSR count). The summed E-state index contributed by atoms with van der Waals surface area (Å²) in [4.78, 5) is 28.4. The second kappa shape index (κ2) is 11.2. The molecule has 1 fully saturated rings. The molecule has 0 saturated heterocycles. The summed E-state index contributed by atoms with van der Waals surface area (Å²) in [6.07, 6.45) is 0.749. The highest BCUT2D eigenvalue weighted by Crippen LogP contribution is 2.34. The molecule has 1 unspecified atom stereocenters. The van der Waals surface area contributed by atoms with E-state index < -0.39 is 17.7 Å². The second-order valence-corrected chi connectivity index (χ2v) is 9.73. The molecule has 1 aromatic heterocycles. The highest BCUT2D eigenvalue weighted by atomic mass is 19.4. The maximum atomic E-state index is 12.9. The van der Waals surface area contributed by atoms with Gasteiger partial charge in [-0.25, -0.2) is 4.98 Å². The Morgan fingerprint density at radius 2 is 1.76 bits per heavy atom. The van der Waals surface area contributed by atoms with E-state index in [0.29, 0.717) is 18.1 Å². The normalized spacial score (nSPS) is 15.0. The monoisotopic (exact) mass is 514 g/mol. The number of halogens is 3. The van der Waals surface area contributed by atoms with E-state index in [1.54, 1.807) is 31.2 Å². The molecule has 9 heteroatoms. The van der Waals surface area contributed by atoms with E-state index in [1.807, 2.05) is 0 Å². The van der Waals surface area contributed by atoms with E-state index in [4.69, 9.17) is 9.84 Å². The lowest BCUT2D eigenvalue weighted by atomic mass is 9.97. The quantitative estimate of drug-likeness (QED) is 0.335. The Kier molecular flexibility index (Phi) is 8.00. The van der Waals surface area contributed by atoms with E-state index in [9.17, 15) is 22.8 Å². The fourth-order valence-electron chi connectivity index (χ4n) is 4.70. The SMILES string of the molecule is CC(CNC(=O)c1cc2ccc(Oc3ccc(C(F)(F)F)cc3)cc2c(CC2CCCC2)n1)CC(=O)O. The van der Waals surface area contributed by atoms with Crippen molar-refractivity contribution in [2.75, 3.05) is 6.54 Å². The Balaban J connectivity index is 1.59. The van der Waals surface area contributed by atoms with Crippen LogP contribution in [0.5, 0.6) is 11.5 Å². The fourth-order valence-corrected chi connectivity index (χ4v) is 4.70. The summed E-state index contributed by atoms with van der Waals surface area (Å²) in [5.41, 5.74) is 0.287. The van der Waals surface area contributed by atoms with Gasteiger partial charge in [0.15, 0.2) is 0 Å². The number of pyridine rings is 1. The number of aliphatic carboxylic acids is 1. The summed E-state index contributed by atoms with van der Waals surface area (Å²) in [6.45, 7) is 1.98. The number of ether oxygens (including phenoxy) is 1. The lowest BCUT2D eigenvalue weighted by molar-refractivity contribution is -0.138. The molecule has 196 valence electrons. The van der Waals surface area contributed by atoms with Gasteiger partial charge in [0.25, 0.3) is 5.91 Å². The van der Waals surface area contributed by atoms with Crippen molar-refractivity contribution >= 4 is 22.6 Å². The molecule has 37 heavy (non-hydrogen) atoms. The van der Waals surface area contributed by atoms with Crippen LogP contribution in [0.25, 0.3) is 10.8 Å². The van der Waals surface area contributed by atoms with Crippen LogP contribution in [0.2, 0.25) is 0 Å². The molecule has 3 aromatic rings. The average Bonchev–Trinajstić information content (AvgIpc) is 3.35. The van der Waals surface area contributed by atoms with Gasteiger partial charge < -0.3 is 15.2 Å². The molecule has 6 nitrogen and oxygen atoms in total. The van der Waals surface area contributed by atoms with Gasteiger partial charge in [0.05, 0.1) is 5.56 Å². The van der Waals surface area contributed by atoms with Gasteiger partial charge in [-0.3, -0.25) is 9.59 Å². The van der Waals surface area contributed by atoms with Crippen molar-refractivity contribution in [3.05, 3.63) is 65.5 Å². The van der Waals surface area contributed by atoms with Crippen molar-refractivity contribution in [3.63, 3.8) is 0 Å². The number of hydrogen-bond donors (Lipinski definition) is 2. The van der Waals surface area contributed by atoms with E-state index >= 15 is 0 Å². The number of rotatable bonds is 9. The third kappa shape index (κ3) is 6.99. The Morgan fingerprint density at radius 3 is 2.41 bits per heavy atom. The van der Waals surface area contributed by atoms with E-state index in [0.717, 1.165) is 54.3 Å². The minimum atomic E-state index is -4.42. The Labute approximate surface area is 212 Å². The van der Waals surface area contributed by atoms with Crippen molar-refractivity contribution < 1.29 is 32.6 Å². The minimum Gasteiger partial charge on any atom is -0.481 e. The molecule has 0 bridgehead atoms. The molecular weight excluding hydrogens is 485 g/mol. The average molecular weight is 515 g/mol. The third-order valence-electron chi connectivity index (χ3n) is 6.62. The molecular formula is C28H29F3N2O4. The first-order chi connectivity index (χ1) is 17.6. The van der Waals surface area contributed by atoms with Crippen molar-refractivity contribution in [3.8, 4) is 11.5 Å². The first kappa shape index (κ1) is 26.4. The Morgan fingerprint density at radius 1 is 1.08 bits per heavy atom. The van der Waals surface area contributed by atoms with Gasteiger partial charge >= 0.3 is 12.1 Å². The van der Waals surface area contributed by atoms with Crippen molar-refractivity contribution in [1.29, 1.82) is 0 Å². The zero-order valence-electron chi connectivity index (χ0n) is 20.5. The molecule has 1 aliphatic rings. The van der Waals surface area contributed by atoms with E-state index in [1.165, 1.54) is 12.1 Å². The van der Waals surface area contributed by atoms with Crippen molar-refractivity contribution in [2.45, 2.75) is 51.6 Å². The highest BCUT2D eigenvalue weighted by molar-refractivity contribution is 5.97. The van der Waals surface area contributed by atoms with Gasteiger partial charge in [-0.1, -0.05) is 38.7 Å². The predicted molar refractivity (Wildman–Crippen MR) is 133 cm³/mol. The number of hydrogen-bond acceptors (Lipinski definition) is 4. The number of aromatic nitrogens is 1. The molecule has 0 spiro atoms. The summed E-state index contributed by atoms with van der Waals surface area (Å²) < 4.78 is 44.4. The number of nitrogens with one attached hydrogen (secondary N) is 1. The van der Waals surface area contributed by atoms with E-state index in [2.05, 4.69) is 10.3 Å². The van der Waals surface area contributed by atoms with Crippen LogP contribution >= 0.6 is 0 Å². The predicted octanol–water partition coefficient (Wildman–Crippen LogP) is 6.62. The Bertz CT molecular complexity index is 1270. The number of fused-ring (bicyclic) bond motifs is 1.